The van der Waals surface area contributed by atoms with Gasteiger partial charge in [-0.1, -0.05) is 17.3 Å². The van der Waals surface area contributed by atoms with Gasteiger partial charge >= 0.3 is 6.18 Å². The number of hydrogen-bond donors (Lipinski definition) is 1. The summed E-state index contributed by atoms with van der Waals surface area (Å²) in [5.41, 5.74) is 6.48. The molecule has 2 heterocycles. The molecule has 11 heteroatoms. The van der Waals surface area contributed by atoms with Crippen molar-refractivity contribution in [2.45, 2.75) is 12.8 Å². The first-order valence-corrected chi connectivity index (χ1v) is 9.27. The summed E-state index contributed by atoms with van der Waals surface area (Å²) in [6.45, 7) is 0.00602. The van der Waals surface area contributed by atoms with Crippen LogP contribution in [0.2, 0.25) is 0 Å². The number of halogens is 3. The Morgan fingerprint density at radius 1 is 1.19 bits per heavy atom. The summed E-state index contributed by atoms with van der Waals surface area (Å²) in [5.74, 6) is 0.107. The lowest BCUT2D eigenvalue weighted by Crippen LogP contribution is -2.10. The molecule has 0 saturated carbocycles. The zero-order valence-electron chi connectivity index (χ0n) is 16.6. The molecule has 2 aromatic carbocycles. The van der Waals surface area contributed by atoms with E-state index in [0.29, 0.717) is 22.4 Å². The first-order chi connectivity index (χ1) is 15.2. The van der Waals surface area contributed by atoms with Gasteiger partial charge in [0.2, 0.25) is 11.7 Å². The van der Waals surface area contributed by atoms with E-state index in [1.807, 2.05) is 0 Å². The Hall–Kier alpha value is -4.15. The fraction of sp³-hybridized carbons (Fsp3) is 0.143. The van der Waals surface area contributed by atoms with Gasteiger partial charge in [0, 0.05) is 18.2 Å². The predicted octanol–water partition coefficient (Wildman–Crippen LogP) is 3.83. The molecular weight excluding hydrogens is 427 g/mol. The van der Waals surface area contributed by atoms with E-state index in [1.165, 1.54) is 23.0 Å². The number of primary amides is 1. The Labute approximate surface area is 179 Å². The van der Waals surface area contributed by atoms with Crippen LogP contribution < -0.4 is 10.5 Å². The average molecular weight is 443 g/mol. The molecule has 0 bridgehead atoms. The highest BCUT2D eigenvalue weighted by molar-refractivity contribution is 5.93. The minimum Gasteiger partial charge on any atom is -0.487 e. The van der Waals surface area contributed by atoms with Crippen molar-refractivity contribution in [2.75, 3.05) is 0 Å². The average Bonchev–Trinajstić information content (AvgIpc) is 3.39. The number of nitrogens with two attached hydrogens (primary N) is 1. The van der Waals surface area contributed by atoms with Crippen LogP contribution >= 0.6 is 0 Å². The van der Waals surface area contributed by atoms with Crippen molar-refractivity contribution in [1.29, 1.82) is 0 Å². The molecule has 4 rings (SSSR count). The number of hydrogen-bond acceptors (Lipinski definition) is 6. The van der Waals surface area contributed by atoms with Gasteiger partial charge in [0.05, 0.1) is 23.0 Å². The largest absolute Gasteiger partial charge is 0.487 e. The van der Waals surface area contributed by atoms with Crippen molar-refractivity contribution < 1.29 is 27.2 Å². The van der Waals surface area contributed by atoms with Crippen LogP contribution in [0, 0.1) is 0 Å². The summed E-state index contributed by atoms with van der Waals surface area (Å²) in [6.07, 6.45) is -2.90. The van der Waals surface area contributed by atoms with E-state index in [9.17, 15) is 18.0 Å². The molecule has 32 heavy (non-hydrogen) atoms. The Morgan fingerprint density at radius 2 is 1.94 bits per heavy atom. The second kappa shape index (κ2) is 8.17. The summed E-state index contributed by atoms with van der Waals surface area (Å²) in [4.78, 5) is 15.7. The van der Waals surface area contributed by atoms with E-state index in [1.54, 1.807) is 31.3 Å². The fourth-order valence-corrected chi connectivity index (χ4v) is 2.97. The zero-order valence-corrected chi connectivity index (χ0v) is 16.6. The van der Waals surface area contributed by atoms with Crippen molar-refractivity contribution in [3.8, 4) is 28.6 Å². The fourth-order valence-electron chi connectivity index (χ4n) is 2.97. The number of rotatable bonds is 6. The number of nitrogens with zero attached hydrogens (tertiary/aromatic N) is 4. The minimum absolute atomic E-state index is 0.00602. The highest BCUT2D eigenvalue weighted by Gasteiger charge is 2.30. The smallest absolute Gasteiger partial charge is 0.416 e. The molecule has 0 saturated heterocycles. The van der Waals surface area contributed by atoms with Crippen LogP contribution in [0.3, 0.4) is 0 Å². The van der Waals surface area contributed by atoms with Crippen LogP contribution in [0.5, 0.6) is 5.75 Å². The number of amides is 1. The summed E-state index contributed by atoms with van der Waals surface area (Å²) in [6, 6.07) is 10.9. The molecule has 0 fully saturated rings. The number of aromatic nitrogens is 4. The lowest BCUT2D eigenvalue weighted by atomic mass is 10.1. The van der Waals surface area contributed by atoms with Crippen molar-refractivity contribution in [3.63, 3.8) is 0 Å². The third kappa shape index (κ3) is 4.31. The first kappa shape index (κ1) is 21.1. The Balaban J connectivity index is 1.55. The topological polar surface area (TPSA) is 109 Å². The number of carbonyl (C=O) groups is 1. The standard InChI is InChI=1S/C21H16F3N5O3/c1-29-17(11-31-15-7-5-14(6-8-15)21(22,23)24)16(10-26-29)20-27-19(28-32-20)13-4-2-3-12(9-13)18(25)30/h2-10H,11H2,1H3,(H2,25,30). The van der Waals surface area contributed by atoms with Crippen molar-refractivity contribution in [1.82, 2.24) is 19.9 Å². The Morgan fingerprint density at radius 3 is 2.62 bits per heavy atom. The zero-order chi connectivity index (χ0) is 22.9. The van der Waals surface area contributed by atoms with Gasteiger partial charge in [0.25, 0.3) is 5.89 Å². The molecule has 0 aliphatic carbocycles. The second-order valence-corrected chi connectivity index (χ2v) is 6.81. The number of aryl methyl sites for hydroxylation is 1. The maximum absolute atomic E-state index is 12.7. The number of alkyl halides is 3. The Kier molecular flexibility index (Phi) is 5.39. The normalized spacial score (nSPS) is 11.5. The van der Waals surface area contributed by atoms with Crippen molar-refractivity contribution in [3.05, 3.63) is 71.5 Å². The third-order valence-electron chi connectivity index (χ3n) is 4.68. The molecule has 0 aliphatic rings. The lowest BCUT2D eigenvalue weighted by molar-refractivity contribution is -0.137. The molecule has 0 unspecified atom stereocenters. The molecule has 2 N–H and O–H groups in total. The molecule has 0 radical (unpaired) electrons. The van der Waals surface area contributed by atoms with Gasteiger partial charge in [0.15, 0.2) is 0 Å². The molecular formula is C21H16F3N5O3. The van der Waals surface area contributed by atoms with E-state index in [2.05, 4.69) is 15.2 Å². The Bertz CT molecular complexity index is 1260. The molecule has 0 atom stereocenters. The SMILES string of the molecule is Cn1ncc(-c2nc(-c3cccc(C(N)=O)c3)no2)c1COc1ccc(C(F)(F)F)cc1. The third-order valence-corrected chi connectivity index (χ3v) is 4.68. The second-order valence-electron chi connectivity index (χ2n) is 6.81. The number of carbonyl (C=O) groups excluding carboxylic acids is 1. The van der Waals surface area contributed by atoms with Crippen LogP contribution in [0.15, 0.2) is 59.3 Å². The molecule has 4 aromatic rings. The maximum Gasteiger partial charge on any atom is 0.416 e. The lowest BCUT2D eigenvalue weighted by Gasteiger charge is -2.10. The highest BCUT2D eigenvalue weighted by Crippen LogP contribution is 2.31. The number of ether oxygens (including phenoxy) is 1. The quantitative estimate of drug-likeness (QED) is 0.485. The highest BCUT2D eigenvalue weighted by atomic mass is 19.4. The maximum atomic E-state index is 12.7. The molecule has 0 aliphatic heterocycles. The predicted molar refractivity (Wildman–Crippen MR) is 106 cm³/mol. The van der Waals surface area contributed by atoms with E-state index in [0.717, 1.165) is 12.1 Å². The van der Waals surface area contributed by atoms with Crippen LogP contribution in [0.1, 0.15) is 21.6 Å². The molecule has 1 amide bonds. The monoisotopic (exact) mass is 443 g/mol. The molecule has 164 valence electrons. The van der Waals surface area contributed by atoms with E-state index in [4.69, 9.17) is 15.0 Å². The van der Waals surface area contributed by atoms with E-state index < -0.39 is 17.6 Å². The van der Waals surface area contributed by atoms with E-state index >= 15 is 0 Å². The molecule has 2 aromatic heterocycles. The summed E-state index contributed by atoms with van der Waals surface area (Å²) in [7, 11) is 1.68. The molecule has 0 spiro atoms. The van der Waals surface area contributed by atoms with Gasteiger partial charge in [0.1, 0.15) is 12.4 Å². The van der Waals surface area contributed by atoms with Crippen LogP contribution in [-0.2, 0) is 19.8 Å². The summed E-state index contributed by atoms with van der Waals surface area (Å²) in [5, 5.41) is 8.11. The van der Waals surface area contributed by atoms with Gasteiger partial charge < -0.3 is 15.0 Å². The molecule has 8 nitrogen and oxygen atoms in total. The van der Waals surface area contributed by atoms with Gasteiger partial charge in [-0.2, -0.15) is 23.3 Å². The van der Waals surface area contributed by atoms with Gasteiger partial charge in [-0.3, -0.25) is 9.48 Å². The van der Waals surface area contributed by atoms with Crippen molar-refractivity contribution >= 4 is 5.91 Å². The van der Waals surface area contributed by atoms with Gasteiger partial charge in [-0.05, 0) is 36.4 Å². The van der Waals surface area contributed by atoms with Gasteiger partial charge in [-0.25, -0.2) is 0 Å². The van der Waals surface area contributed by atoms with Crippen LogP contribution in [0.25, 0.3) is 22.8 Å². The van der Waals surface area contributed by atoms with Crippen molar-refractivity contribution in [2.24, 2.45) is 12.8 Å². The summed E-state index contributed by atoms with van der Waals surface area (Å²) >= 11 is 0. The number of benzene rings is 2. The van der Waals surface area contributed by atoms with Gasteiger partial charge in [-0.15, -0.1) is 0 Å². The minimum atomic E-state index is -4.42. The van der Waals surface area contributed by atoms with Crippen LogP contribution in [0.4, 0.5) is 13.2 Å². The van der Waals surface area contributed by atoms with E-state index in [-0.39, 0.29) is 24.1 Å². The first-order valence-electron chi connectivity index (χ1n) is 9.27. The van der Waals surface area contributed by atoms with Crippen LogP contribution in [-0.4, -0.2) is 25.8 Å². The summed E-state index contributed by atoms with van der Waals surface area (Å²) < 4.78 is 50.6.